The number of benzene rings is 1. The third kappa shape index (κ3) is 6.90. The number of rotatable bonds is 6. The fourth-order valence-corrected chi connectivity index (χ4v) is 1.83. The van der Waals surface area contributed by atoms with E-state index < -0.39 is 17.4 Å². The van der Waals surface area contributed by atoms with Crippen LogP contribution in [0.3, 0.4) is 0 Å². The van der Waals surface area contributed by atoms with Gasteiger partial charge in [0.1, 0.15) is 0 Å². The average Bonchev–Trinajstić information content (AvgIpc) is 2.43. The first-order chi connectivity index (χ1) is 9.80. The van der Waals surface area contributed by atoms with Gasteiger partial charge in [-0.15, -0.1) is 0 Å². The van der Waals surface area contributed by atoms with Crippen LogP contribution >= 0.6 is 0 Å². The zero-order valence-corrected chi connectivity index (χ0v) is 12.8. The number of amides is 2. The molecule has 21 heavy (non-hydrogen) atoms. The molecule has 0 aliphatic rings. The molecular weight excluding hydrogens is 268 g/mol. The molecule has 1 aromatic carbocycles. The number of carbonyl (C=O) groups excluding carboxylic acids is 2. The largest absolute Gasteiger partial charge is 0.388 e. The molecule has 0 bridgehead atoms. The molecule has 0 saturated carbocycles. The smallest absolute Gasteiger partial charge is 0.309 e. The zero-order valence-electron chi connectivity index (χ0n) is 12.8. The van der Waals surface area contributed by atoms with Crippen LogP contribution in [0.5, 0.6) is 0 Å². The van der Waals surface area contributed by atoms with E-state index in [0.717, 1.165) is 5.56 Å². The number of nitrogens with one attached hydrogen (secondary N) is 2. The molecule has 1 aromatic rings. The van der Waals surface area contributed by atoms with Crippen molar-refractivity contribution in [3.8, 4) is 0 Å². The van der Waals surface area contributed by atoms with Crippen LogP contribution in [0.2, 0.25) is 0 Å². The van der Waals surface area contributed by atoms with Gasteiger partial charge in [-0.25, -0.2) is 0 Å². The van der Waals surface area contributed by atoms with Crippen LogP contribution in [-0.2, 0) is 16.0 Å². The van der Waals surface area contributed by atoms with E-state index in [-0.39, 0.29) is 12.6 Å². The van der Waals surface area contributed by atoms with E-state index in [4.69, 9.17) is 0 Å². The lowest BCUT2D eigenvalue weighted by molar-refractivity contribution is -0.140. The van der Waals surface area contributed by atoms with Crippen molar-refractivity contribution in [3.05, 3.63) is 35.9 Å². The predicted octanol–water partition coefficient (Wildman–Crippen LogP) is 1.01. The zero-order chi connectivity index (χ0) is 15.9. The fraction of sp³-hybridized carbons (Fsp3) is 0.500. The predicted molar refractivity (Wildman–Crippen MR) is 81.7 cm³/mol. The summed E-state index contributed by atoms with van der Waals surface area (Å²) in [7, 11) is 0. The summed E-state index contributed by atoms with van der Waals surface area (Å²) >= 11 is 0. The van der Waals surface area contributed by atoms with Crippen molar-refractivity contribution in [2.45, 2.75) is 45.3 Å². The van der Waals surface area contributed by atoms with Crippen LogP contribution in [0.25, 0.3) is 0 Å². The van der Waals surface area contributed by atoms with Crippen molar-refractivity contribution in [1.29, 1.82) is 0 Å². The van der Waals surface area contributed by atoms with E-state index >= 15 is 0 Å². The van der Waals surface area contributed by atoms with Gasteiger partial charge in [-0.1, -0.05) is 30.3 Å². The van der Waals surface area contributed by atoms with Crippen molar-refractivity contribution >= 4 is 11.8 Å². The van der Waals surface area contributed by atoms with E-state index in [0.29, 0.717) is 12.8 Å². The molecule has 0 radical (unpaired) electrons. The molecule has 3 N–H and O–H groups in total. The Morgan fingerprint density at radius 2 is 1.81 bits per heavy atom. The lowest BCUT2D eigenvalue weighted by Gasteiger charge is -2.23. The first-order valence-corrected chi connectivity index (χ1v) is 7.15. The van der Waals surface area contributed by atoms with Gasteiger partial charge in [0, 0.05) is 12.6 Å². The molecule has 1 atom stereocenters. The fourth-order valence-electron chi connectivity index (χ4n) is 1.83. The molecule has 0 aliphatic carbocycles. The first-order valence-electron chi connectivity index (χ1n) is 7.15. The lowest BCUT2D eigenvalue weighted by atomic mass is 9.97. The third-order valence-electron chi connectivity index (χ3n) is 3.05. The molecule has 1 rings (SSSR count). The van der Waals surface area contributed by atoms with Gasteiger partial charge in [-0.2, -0.15) is 0 Å². The number of aliphatic hydroxyl groups is 1. The quantitative estimate of drug-likeness (QED) is 0.685. The highest BCUT2D eigenvalue weighted by Gasteiger charge is 2.23. The third-order valence-corrected chi connectivity index (χ3v) is 3.05. The molecule has 0 unspecified atom stereocenters. The molecule has 2 amide bonds. The normalized spacial score (nSPS) is 13.6. The van der Waals surface area contributed by atoms with E-state index in [1.807, 2.05) is 30.3 Å². The maximum absolute atomic E-state index is 11.6. The highest BCUT2D eigenvalue weighted by atomic mass is 16.3. The van der Waals surface area contributed by atoms with Gasteiger partial charge in [0.25, 0.3) is 0 Å². The van der Waals surface area contributed by atoms with Crippen LogP contribution in [0.1, 0.15) is 32.8 Å². The van der Waals surface area contributed by atoms with Crippen molar-refractivity contribution < 1.29 is 14.7 Å². The second-order valence-corrected chi connectivity index (χ2v) is 5.79. The highest BCUT2D eigenvalue weighted by molar-refractivity contribution is 6.35. The molecule has 5 nitrogen and oxygen atoms in total. The molecule has 0 aliphatic heterocycles. The monoisotopic (exact) mass is 292 g/mol. The average molecular weight is 292 g/mol. The van der Waals surface area contributed by atoms with Crippen molar-refractivity contribution in [1.82, 2.24) is 10.6 Å². The van der Waals surface area contributed by atoms with Gasteiger partial charge in [-0.3, -0.25) is 9.59 Å². The second-order valence-electron chi connectivity index (χ2n) is 5.79. The first kappa shape index (κ1) is 17.2. The van der Waals surface area contributed by atoms with Crippen molar-refractivity contribution in [3.63, 3.8) is 0 Å². The Morgan fingerprint density at radius 3 is 2.38 bits per heavy atom. The number of hydrogen-bond acceptors (Lipinski definition) is 3. The Bertz CT molecular complexity index is 470. The summed E-state index contributed by atoms with van der Waals surface area (Å²) in [5.41, 5.74) is 0.0746. The van der Waals surface area contributed by atoms with Crippen LogP contribution in [0.4, 0.5) is 0 Å². The Balaban J connectivity index is 2.38. The molecule has 0 spiro atoms. The minimum atomic E-state index is -1.05. The highest BCUT2D eigenvalue weighted by Crippen LogP contribution is 2.13. The van der Waals surface area contributed by atoms with E-state index in [9.17, 15) is 14.7 Å². The molecule has 0 saturated heterocycles. The number of carbonyl (C=O) groups is 2. The Kier molecular flexibility index (Phi) is 6.37. The minimum Gasteiger partial charge on any atom is -0.388 e. The van der Waals surface area contributed by atoms with Crippen LogP contribution in [0.15, 0.2) is 30.3 Å². The molecule has 0 fully saturated rings. The molecule has 0 heterocycles. The van der Waals surface area contributed by atoms with Gasteiger partial charge < -0.3 is 15.7 Å². The Morgan fingerprint density at radius 1 is 1.19 bits per heavy atom. The van der Waals surface area contributed by atoms with Crippen LogP contribution in [-0.4, -0.2) is 35.1 Å². The lowest BCUT2D eigenvalue weighted by Crippen LogP contribution is -2.47. The van der Waals surface area contributed by atoms with Gasteiger partial charge >= 0.3 is 11.8 Å². The van der Waals surface area contributed by atoms with Crippen molar-refractivity contribution in [2.75, 3.05) is 6.54 Å². The van der Waals surface area contributed by atoms with E-state index in [2.05, 4.69) is 10.6 Å². The summed E-state index contributed by atoms with van der Waals surface area (Å²) in [6, 6.07) is 9.72. The maximum Gasteiger partial charge on any atom is 0.309 e. The summed E-state index contributed by atoms with van der Waals surface area (Å²) in [4.78, 5) is 23.0. The van der Waals surface area contributed by atoms with E-state index in [1.54, 1.807) is 20.8 Å². The van der Waals surface area contributed by atoms with Crippen LogP contribution in [0, 0.1) is 0 Å². The second kappa shape index (κ2) is 7.78. The number of aryl methyl sites for hydroxylation is 1. The van der Waals surface area contributed by atoms with Gasteiger partial charge in [-0.05, 0) is 39.2 Å². The minimum absolute atomic E-state index is 0.0458. The summed E-state index contributed by atoms with van der Waals surface area (Å²) < 4.78 is 0. The standard InChI is InChI=1S/C16H24N2O3/c1-12(2)18-15(20)14(19)17-11-16(3,21)10-9-13-7-5-4-6-8-13/h4-8,12,21H,9-11H2,1-3H3,(H,17,19)(H,18,20)/t16-/m0/s1. The maximum atomic E-state index is 11.6. The van der Waals surface area contributed by atoms with Crippen LogP contribution < -0.4 is 10.6 Å². The van der Waals surface area contributed by atoms with Gasteiger partial charge in [0.05, 0.1) is 5.60 Å². The Labute approximate surface area is 125 Å². The Hall–Kier alpha value is -1.88. The SMILES string of the molecule is CC(C)NC(=O)C(=O)NC[C@@](C)(O)CCc1ccccc1. The van der Waals surface area contributed by atoms with E-state index in [1.165, 1.54) is 0 Å². The topological polar surface area (TPSA) is 78.4 Å². The number of hydrogen-bond donors (Lipinski definition) is 3. The molecule has 0 aromatic heterocycles. The summed E-state index contributed by atoms with van der Waals surface area (Å²) in [6.07, 6.45) is 1.21. The summed E-state index contributed by atoms with van der Waals surface area (Å²) in [6.45, 7) is 5.25. The van der Waals surface area contributed by atoms with Gasteiger partial charge in [0.2, 0.25) is 0 Å². The van der Waals surface area contributed by atoms with Gasteiger partial charge in [0.15, 0.2) is 0 Å². The summed E-state index contributed by atoms with van der Waals surface area (Å²) in [5, 5.41) is 15.2. The molecular formula is C16H24N2O3. The molecule has 5 heteroatoms. The molecule has 116 valence electrons. The summed E-state index contributed by atoms with van der Waals surface area (Å²) in [5.74, 6) is -1.40. The van der Waals surface area contributed by atoms with Crippen molar-refractivity contribution in [2.24, 2.45) is 0 Å².